The molecule has 0 aliphatic rings. The van der Waals surface area contributed by atoms with E-state index in [0.717, 1.165) is 0 Å². The Bertz CT molecular complexity index is 471. The second-order valence-electron chi connectivity index (χ2n) is 3.72. The van der Waals surface area contributed by atoms with E-state index in [9.17, 15) is 9.18 Å². The largest absolute Gasteiger partial charge is 0.395 e. The fourth-order valence-electron chi connectivity index (χ4n) is 1.34. The molecule has 0 spiro atoms. The summed E-state index contributed by atoms with van der Waals surface area (Å²) in [5.74, 6) is -0.473. The number of urea groups is 1. The highest BCUT2D eigenvalue weighted by Gasteiger charge is 2.09. The fraction of sp³-hybridized carbons (Fsp3) is 0.333. The first-order valence-corrected chi connectivity index (χ1v) is 5.37. The highest BCUT2D eigenvalue weighted by atomic mass is 19.1. The molecule has 1 aromatic rings. The maximum atomic E-state index is 13.4. The number of aliphatic hydroxyl groups is 1. The summed E-state index contributed by atoms with van der Waals surface area (Å²) in [7, 11) is 1.52. The molecule has 0 atom stereocenters. The van der Waals surface area contributed by atoms with E-state index in [1.807, 2.05) is 6.07 Å². The number of aliphatic hydroxyl groups excluding tert-OH is 1. The van der Waals surface area contributed by atoms with Crippen molar-refractivity contribution in [1.82, 2.24) is 10.2 Å². The number of hydrogen-bond donors (Lipinski definition) is 2. The van der Waals surface area contributed by atoms with Crippen LogP contribution >= 0.6 is 0 Å². The van der Waals surface area contributed by atoms with E-state index in [1.165, 1.54) is 30.1 Å². The molecule has 0 aromatic heterocycles. The van der Waals surface area contributed by atoms with Gasteiger partial charge in [-0.1, -0.05) is 0 Å². The van der Waals surface area contributed by atoms with Gasteiger partial charge in [-0.15, -0.1) is 0 Å². The number of carbonyl (C=O) groups excluding carboxylic acids is 1. The predicted molar refractivity (Wildman–Crippen MR) is 63.1 cm³/mol. The van der Waals surface area contributed by atoms with Crippen LogP contribution in [0.2, 0.25) is 0 Å². The van der Waals surface area contributed by atoms with Crippen LogP contribution in [0, 0.1) is 17.1 Å². The smallest absolute Gasteiger partial charge is 0.317 e. The van der Waals surface area contributed by atoms with E-state index in [-0.39, 0.29) is 25.3 Å². The minimum Gasteiger partial charge on any atom is -0.395 e. The number of nitrogens with zero attached hydrogens (tertiary/aromatic N) is 2. The van der Waals surface area contributed by atoms with Crippen molar-refractivity contribution < 1.29 is 14.3 Å². The Labute approximate surface area is 104 Å². The Morgan fingerprint density at radius 2 is 2.33 bits per heavy atom. The van der Waals surface area contributed by atoms with Crippen LogP contribution in [-0.4, -0.2) is 36.2 Å². The second-order valence-corrected chi connectivity index (χ2v) is 3.72. The first-order valence-electron chi connectivity index (χ1n) is 5.37. The van der Waals surface area contributed by atoms with Gasteiger partial charge in [0.05, 0.1) is 18.2 Å². The van der Waals surface area contributed by atoms with Gasteiger partial charge < -0.3 is 15.3 Å². The number of likely N-dealkylation sites (N-methyl/N-ethyl adjacent to an activating group) is 1. The molecule has 2 amide bonds. The number of amides is 2. The summed E-state index contributed by atoms with van der Waals surface area (Å²) < 4.78 is 13.4. The first-order chi connectivity index (χ1) is 8.58. The average molecular weight is 251 g/mol. The van der Waals surface area contributed by atoms with Crippen molar-refractivity contribution in [2.45, 2.75) is 6.54 Å². The number of hydrogen-bond acceptors (Lipinski definition) is 3. The molecule has 0 aliphatic carbocycles. The lowest BCUT2D eigenvalue weighted by Gasteiger charge is -2.16. The zero-order chi connectivity index (χ0) is 13.5. The number of halogens is 1. The molecule has 0 bridgehead atoms. The second kappa shape index (κ2) is 6.57. The molecule has 0 saturated heterocycles. The molecule has 0 heterocycles. The van der Waals surface area contributed by atoms with E-state index in [2.05, 4.69) is 5.32 Å². The summed E-state index contributed by atoms with van der Waals surface area (Å²) in [5.41, 5.74) is 0.587. The fourth-order valence-corrected chi connectivity index (χ4v) is 1.34. The van der Waals surface area contributed by atoms with Gasteiger partial charge >= 0.3 is 6.03 Å². The number of carbonyl (C=O) groups is 1. The molecule has 1 aromatic carbocycles. The number of benzene rings is 1. The minimum absolute atomic E-state index is 0.00401. The van der Waals surface area contributed by atoms with Crippen LogP contribution < -0.4 is 5.32 Å². The topological polar surface area (TPSA) is 76.4 Å². The van der Waals surface area contributed by atoms with Crippen molar-refractivity contribution in [2.75, 3.05) is 20.2 Å². The van der Waals surface area contributed by atoms with Gasteiger partial charge in [-0.25, -0.2) is 9.18 Å². The molecule has 5 nitrogen and oxygen atoms in total. The van der Waals surface area contributed by atoms with Crippen LogP contribution in [0.5, 0.6) is 0 Å². The maximum absolute atomic E-state index is 13.4. The monoisotopic (exact) mass is 251 g/mol. The quantitative estimate of drug-likeness (QED) is 0.832. The molecular weight excluding hydrogens is 237 g/mol. The molecule has 0 radical (unpaired) electrons. The summed E-state index contributed by atoms with van der Waals surface area (Å²) in [5, 5.41) is 19.9. The van der Waals surface area contributed by atoms with Crippen molar-refractivity contribution in [3.63, 3.8) is 0 Å². The van der Waals surface area contributed by atoms with Gasteiger partial charge in [0.2, 0.25) is 0 Å². The van der Waals surface area contributed by atoms with E-state index in [4.69, 9.17) is 10.4 Å². The van der Waals surface area contributed by atoms with Crippen LogP contribution in [0.1, 0.15) is 11.1 Å². The molecule has 1 rings (SSSR count). The van der Waals surface area contributed by atoms with Gasteiger partial charge in [0, 0.05) is 25.7 Å². The highest BCUT2D eigenvalue weighted by molar-refractivity contribution is 5.73. The van der Waals surface area contributed by atoms with Crippen LogP contribution in [-0.2, 0) is 6.54 Å². The summed E-state index contributed by atoms with van der Waals surface area (Å²) >= 11 is 0. The molecule has 0 saturated carbocycles. The van der Waals surface area contributed by atoms with Crippen molar-refractivity contribution in [2.24, 2.45) is 0 Å². The lowest BCUT2D eigenvalue weighted by atomic mass is 10.1. The van der Waals surface area contributed by atoms with Gasteiger partial charge in [0.25, 0.3) is 0 Å². The Kier molecular flexibility index (Phi) is 5.08. The van der Waals surface area contributed by atoms with E-state index in [1.54, 1.807) is 0 Å². The standard InChI is InChI=1S/C12H14FN3O2/c1-16(4-5-17)12(18)15-8-10-6-9(7-14)2-3-11(10)13/h2-3,6,17H,4-5,8H2,1H3,(H,15,18). The van der Waals surface area contributed by atoms with Crippen LogP contribution in [0.25, 0.3) is 0 Å². The summed E-state index contributed by atoms with van der Waals surface area (Å²) in [4.78, 5) is 12.8. The SMILES string of the molecule is CN(CCO)C(=O)NCc1cc(C#N)ccc1F. The van der Waals surface area contributed by atoms with Crippen LogP contribution in [0.15, 0.2) is 18.2 Å². The predicted octanol–water partition coefficient (Wildman–Crippen LogP) is 0.831. The highest BCUT2D eigenvalue weighted by Crippen LogP contribution is 2.09. The van der Waals surface area contributed by atoms with Crippen molar-refractivity contribution >= 4 is 6.03 Å². The summed E-state index contributed by atoms with van der Waals surface area (Å²) in [6.07, 6.45) is 0. The third kappa shape index (κ3) is 3.71. The number of nitriles is 1. The Morgan fingerprint density at radius 3 is 2.94 bits per heavy atom. The molecular formula is C12H14FN3O2. The molecule has 2 N–H and O–H groups in total. The Balaban J connectivity index is 2.63. The van der Waals surface area contributed by atoms with Gasteiger partial charge in [0.15, 0.2) is 0 Å². The van der Waals surface area contributed by atoms with Crippen LogP contribution in [0.3, 0.4) is 0 Å². The minimum atomic E-state index is -0.473. The lowest BCUT2D eigenvalue weighted by Crippen LogP contribution is -2.38. The zero-order valence-electron chi connectivity index (χ0n) is 9.98. The number of nitrogens with one attached hydrogen (secondary N) is 1. The van der Waals surface area contributed by atoms with Crippen molar-refractivity contribution in [3.05, 3.63) is 35.1 Å². The van der Waals surface area contributed by atoms with Gasteiger partial charge in [0.1, 0.15) is 5.82 Å². The Hall–Kier alpha value is -2.13. The van der Waals surface area contributed by atoms with Crippen molar-refractivity contribution in [1.29, 1.82) is 5.26 Å². The van der Waals surface area contributed by atoms with E-state index < -0.39 is 11.8 Å². The molecule has 0 unspecified atom stereocenters. The average Bonchev–Trinajstić information content (AvgIpc) is 2.37. The Morgan fingerprint density at radius 1 is 1.61 bits per heavy atom. The molecule has 0 fully saturated rings. The summed E-state index contributed by atoms with van der Waals surface area (Å²) in [6, 6.07) is 5.45. The van der Waals surface area contributed by atoms with Gasteiger partial charge in [-0.3, -0.25) is 0 Å². The van der Waals surface area contributed by atoms with Gasteiger partial charge in [-0.2, -0.15) is 5.26 Å². The summed E-state index contributed by atoms with van der Waals surface area (Å²) in [6.45, 7) is 0.0602. The number of rotatable bonds is 4. The molecule has 0 aliphatic heterocycles. The normalized spacial score (nSPS) is 9.67. The van der Waals surface area contributed by atoms with E-state index >= 15 is 0 Å². The molecule has 18 heavy (non-hydrogen) atoms. The molecule has 6 heteroatoms. The lowest BCUT2D eigenvalue weighted by molar-refractivity contribution is 0.190. The third-order valence-electron chi connectivity index (χ3n) is 2.39. The van der Waals surface area contributed by atoms with Crippen molar-refractivity contribution in [3.8, 4) is 6.07 Å². The van der Waals surface area contributed by atoms with E-state index in [0.29, 0.717) is 5.56 Å². The van der Waals surface area contributed by atoms with Gasteiger partial charge in [-0.05, 0) is 18.2 Å². The maximum Gasteiger partial charge on any atom is 0.317 e. The first kappa shape index (κ1) is 13.9. The third-order valence-corrected chi connectivity index (χ3v) is 2.39. The zero-order valence-corrected chi connectivity index (χ0v) is 9.98. The van der Waals surface area contributed by atoms with Crippen LogP contribution in [0.4, 0.5) is 9.18 Å². The molecule has 96 valence electrons.